The molecule has 1 amide bonds. The fourth-order valence-corrected chi connectivity index (χ4v) is 5.09. The van der Waals surface area contributed by atoms with Crippen LogP contribution in [0, 0.1) is 6.92 Å². The lowest BCUT2D eigenvalue weighted by Gasteiger charge is -2.20. The molecule has 0 aromatic heterocycles. The van der Waals surface area contributed by atoms with Crippen molar-refractivity contribution in [3.05, 3.63) is 83.4 Å². The molecule has 0 bridgehead atoms. The number of rotatable bonds is 9. The normalized spacial score (nSPS) is 13.4. The Morgan fingerprint density at radius 2 is 1.76 bits per heavy atom. The number of hydrogen-bond acceptors (Lipinski definition) is 6. The molecule has 0 unspecified atom stereocenters. The number of benzene rings is 3. The van der Waals surface area contributed by atoms with Gasteiger partial charge in [0.2, 0.25) is 22.7 Å². The molecule has 0 aliphatic carbocycles. The third-order valence-corrected chi connectivity index (χ3v) is 6.90. The predicted octanol–water partition coefficient (Wildman–Crippen LogP) is 2.94. The van der Waals surface area contributed by atoms with Crippen molar-refractivity contribution < 1.29 is 27.4 Å². The van der Waals surface area contributed by atoms with E-state index in [1.165, 1.54) is 13.2 Å². The monoisotopic (exact) mass is 482 g/mol. The third-order valence-electron chi connectivity index (χ3n) is 5.41. The molecule has 4 rings (SSSR count). The summed E-state index contributed by atoms with van der Waals surface area (Å²) in [5.74, 6) is 1.02. The summed E-state index contributed by atoms with van der Waals surface area (Å²) in [7, 11) is -2.65. The summed E-state index contributed by atoms with van der Waals surface area (Å²) >= 11 is 0. The molecule has 0 spiro atoms. The van der Waals surface area contributed by atoms with Gasteiger partial charge in [0.05, 0.1) is 7.11 Å². The number of ether oxygens (including phenoxy) is 3. The fourth-order valence-electron chi connectivity index (χ4n) is 3.65. The maximum atomic E-state index is 13.3. The molecule has 9 heteroatoms. The summed E-state index contributed by atoms with van der Waals surface area (Å²) in [6, 6.07) is 18.5. The van der Waals surface area contributed by atoms with Gasteiger partial charge in [-0.2, -0.15) is 4.72 Å². The second-order valence-electron chi connectivity index (χ2n) is 7.92. The number of carbonyl (C=O) groups is 1. The van der Waals surface area contributed by atoms with E-state index in [0.717, 1.165) is 16.7 Å². The van der Waals surface area contributed by atoms with Crippen molar-refractivity contribution in [2.75, 3.05) is 13.9 Å². The van der Waals surface area contributed by atoms with Crippen LogP contribution in [0.3, 0.4) is 0 Å². The smallest absolute Gasteiger partial charge is 0.244 e. The molecule has 1 aliphatic rings. The Morgan fingerprint density at radius 1 is 1.00 bits per heavy atom. The average molecular weight is 483 g/mol. The van der Waals surface area contributed by atoms with Crippen LogP contribution in [0.1, 0.15) is 16.7 Å². The van der Waals surface area contributed by atoms with E-state index in [1.54, 1.807) is 31.2 Å². The van der Waals surface area contributed by atoms with Crippen LogP contribution >= 0.6 is 0 Å². The Hall–Kier alpha value is -3.56. The molecular weight excluding hydrogens is 456 g/mol. The van der Waals surface area contributed by atoms with Gasteiger partial charge < -0.3 is 19.5 Å². The number of aryl methyl sites for hydroxylation is 1. The molecule has 3 aromatic rings. The molecule has 34 heavy (non-hydrogen) atoms. The minimum atomic E-state index is -4.05. The van der Waals surface area contributed by atoms with Crippen molar-refractivity contribution in [1.29, 1.82) is 0 Å². The molecule has 0 saturated carbocycles. The van der Waals surface area contributed by atoms with Crippen LogP contribution in [0.2, 0.25) is 0 Å². The molecule has 1 aliphatic heterocycles. The average Bonchev–Trinajstić information content (AvgIpc) is 3.30. The summed E-state index contributed by atoms with van der Waals surface area (Å²) in [6.45, 7) is 2.16. The second-order valence-corrected chi connectivity index (χ2v) is 9.61. The van der Waals surface area contributed by atoms with Gasteiger partial charge in [-0.25, -0.2) is 8.42 Å². The van der Waals surface area contributed by atoms with E-state index in [2.05, 4.69) is 10.0 Å². The van der Waals surface area contributed by atoms with E-state index in [4.69, 9.17) is 14.2 Å². The largest absolute Gasteiger partial charge is 0.495 e. The molecule has 3 aromatic carbocycles. The second kappa shape index (κ2) is 10.1. The van der Waals surface area contributed by atoms with Gasteiger partial charge >= 0.3 is 0 Å². The maximum absolute atomic E-state index is 13.3. The Bertz CT molecular complexity index is 1280. The zero-order valence-electron chi connectivity index (χ0n) is 18.9. The zero-order valence-corrected chi connectivity index (χ0v) is 19.7. The number of amides is 1. The fraction of sp³-hybridized carbons (Fsp3) is 0.240. The molecule has 0 radical (unpaired) electrons. The maximum Gasteiger partial charge on any atom is 0.244 e. The van der Waals surface area contributed by atoms with Gasteiger partial charge in [0.15, 0.2) is 11.5 Å². The Kier molecular flexibility index (Phi) is 7.04. The molecule has 0 fully saturated rings. The summed E-state index contributed by atoms with van der Waals surface area (Å²) in [4.78, 5) is 13.1. The van der Waals surface area contributed by atoms with Crippen LogP contribution in [-0.2, 0) is 27.8 Å². The third kappa shape index (κ3) is 5.49. The van der Waals surface area contributed by atoms with Crippen molar-refractivity contribution >= 4 is 15.9 Å². The number of methoxy groups -OCH3 is 1. The highest BCUT2D eigenvalue weighted by atomic mass is 32.2. The van der Waals surface area contributed by atoms with Crippen LogP contribution in [-0.4, -0.2) is 34.3 Å². The van der Waals surface area contributed by atoms with E-state index < -0.39 is 22.0 Å². The number of fused-ring (bicyclic) bond motifs is 1. The van der Waals surface area contributed by atoms with Crippen LogP contribution in [0.4, 0.5) is 0 Å². The summed E-state index contributed by atoms with van der Waals surface area (Å²) in [5, 5.41) is 2.83. The van der Waals surface area contributed by atoms with E-state index in [1.807, 2.05) is 36.4 Å². The first-order valence-corrected chi connectivity index (χ1v) is 12.2. The van der Waals surface area contributed by atoms with E-state index in [-0.39, 0.29) is 30.4 Å². The topological polar surface area (TPSA) is 103 Å². The first-order valence-electron chi connectivity index (χ1n) is 10.7. The quantitative estimate of drug-likeness (QED) is 0.486. The number of nitrogens with one attached hydrogen (secondary N) is 2. The lowest BCUT2D eigenvalue weighted by Crippen LogP contribution is -2.47. The minimum Gasteiger partial charge on any atom is -0.495 e. The molecule has 2 N–H and O–H groups in total. The highest BCUT2D eigenvalue weighted by Crippen LogP contribution is 2.32. The standard InChI is InChI=1S/C25H26N2O6S/c1-17-8-10-22(31-2)24(12-17)34(29,30)27-20(13-18-6-4-3-5-7-18)25(28)26-15-19-9-11-21-23(14-19)33-16-32-21/h3-12,14,20,27H,13,15-16H2,1-2H3,(H,26,28)/t20-/m0/s1. The summed E-state index contributed by atoms with van der Waals surface area (Å²) in [5.41, 5.74) is 2.39. The van der Waals surface area contributed by atoms with Gasteiger partial charge in [-0.3, -0.25) is 4.79 Å². The van der Waals surface area contributed by atoms with E-state index >= 15 is 0 Å². The molecule has 1 atom stereocenters. The minimum absolute atomic E-state index is 0.0170. The van der Waals surface area contributed by atoms with Gasteiger partial charge in [-0.15, -0.1) is 0 Å². The lowest BCUT2D eigenvalue weighted by atomic mass is 10.1. The van der Waals surface area contributed by atoms with Crippen molar-refractivity contribution in [3.63, 3.8) is 0 Å². The highest BCUT2D eigenvalue weighted by molar-refractivity contribution is 7.89. The van der Waals surface area contributed by atoms with E-state index in [0.29, 0.717) is 11.5 Å². The Balaban J connectivity index is 1.55. The molecular formula is C25H26N2O6S. The van der Waals surface area contributed by atoms with Gasteiger partial charge in [-0.1, -0.05) is 42.5 Å². The van der Waals surface area contributed by atoms with E-state index in [9.17, 15) is 13.2 Å². The van der Waals surface area contributed by atoms with Gasteiger partial charge in [0, 0.05) is 6.54 Å². The van der Waals surface area contributed by atoms with Gasteiger partial charge in [0.25, 0.3) is 0 Å². The molecule has 178 valence electrons. The van der Waals surface area contributed by atoms with Crippen LogP contribution in [0.5, 0.6) is 17.2 Å². The first-order chi connectivity index (χ1) is 16.4. The van der Waals surface area contributed by atoms with Crippen molar-refractivity contribution in [1.82, 2.24) is 10.0 Å². The van der Waals surface area contributed by atoms with Crippen LogP contribution in [0.25, 0.3) is 0 Å². The Labute approximate surface area is 198 Å². The summed E-state index contributed by atoms with van der Waals surface area (Å²) in [6.07, 6.45) is 0.182. The first kappa shape index (κ1) is 23.6. The molecule has 1 heterocycles. The number of hydrogen-bond donors (Lipinski definition) is 2. The number of carbonyl (C=O) groups excluding carboxylic acids is 1. The summed E-state index contributed by atoms with van der Waals surface area (Å²) < 4.78 is 45.1. The SMILES string of the molecule is COc1ccc(C)cc1S(=O)(=O)N[C@@H](Cc1ccccc1)C(=O)NCc1ccc2c(c1)OCO2. The molecule has 8 nitrogen and oxygen atoms in total. The predicted molar refractivity (Wildman–Crippen MR) is 126 cm³/mol. The Morgan fingerprint density at radius 3 is 2.53 bits per heavy atom. The van der Waals surface area contributed by atoms with Crippen molar-refractivity contribution in [2.45, 2.75) is 30.8 Å². The zero-order chi connectivity index (χ0) is 24.1. The molecule has 0 saturated heterocycles. The lowest BCUT2D eigenvalue weighted by molar-refractivity contribution is -0.122. The van der Waals surface area contributed by atoms with Gasteiger partial charge in [0.1, 0.15) is 16.7 Å². The van der Waals surface area contributed by atoms with Crippen LogP contribution < -0.4 is 24.2 Å². The highest BCUT2D eigenvalue weighted by Gasteiger charge is 2.28. The van der Waals surface area contributed by atoms with Crippen molar-refractivity contribution in [2.24, 2.45) is 0 Å². The van der Waals surface area contributed by atoms with Gasteiger partial charge in [-0.05, 0) is 54.3 Å². The van der Waals surface area contributed by atoms with Crippen LogP contribution in [0.15, 0.2) is 71.6 Å². The number of sulfonamides is 1. The van der Waals surface area contributed by atoms with Crippen molar-refractivity contribution in [3.8, 4) is 17.2 Å².